The molecule has 0 amide bonds. The van der Waals surface area contributed by atoms with Crippen LogP contribution in [0.4, 0.5) is 0 Å². The highest BCUT2D eigenvalue weighted by Gasteiger charge is 2.41. The number of rotatable bonds is 4. The van der Waals surface area contributed by atoms with Crippen LogP contribution < -0.4 is 5.73 Å². The van der Waals surface area contributed by atoms with E-state index in [-0.39, 0.29) is 11.0 Å². The van der Waals surface area contributed by atoms with E-state index in [1.54, 1.807) is 10.9 Å². The zero-order valence-corrected chi connectivity index (χ0v) is 7.81. The van der Waals surface area contributed by atoms with Crippen molar-refractivity contribution in [3.8, 4) is 0 Å². The maximum atomic E-state index is 10.6. The van der Waals surface area contributed by atoms with Crippen LogP contribution in [0.1, 0.15) is 23.2 Å². The zero-order valence-electron chi connectivity index (χ0n) is 7.81. The minimum absolute atomic E-state index is 0.182. The highest BCUT2D eigenvalue weighted by Crippen LogP contribution is 2.45. The number of carbonyl (C=O) groups is 1. The van der Waals surface area contributed by atoms with Gasteiger partial charge in [-0.05, 0) is 19.4 Å². The van der Waals surface area contributed by atoms with E-state index in [2.05, 4.69) is 5.10 Å². The van der Waals surface area contributed by atoms with Gasteiger partial charge in [-0.3, -0.25) is 4.68 Å². The molecule has 1 saturated carbocycles. The Hall–Kier alpha value is -1.36. The van der Waals surface area contributed by atoms with Crippen molar-refractivity contribution in [3.05, 3.63) is 18.0 Å². The third-order valence-corrected chi connectivity index (χ3v) is 2.77. The standard InChI is InChI=1S/C9H13N3O2/c10-5-9(1-2-9)6-12-4-7(3-11-12)8(13)14/h3-4H,1-2,5-6,10H2,(H,13,14). The fourth-order valence-electron chi connectivity index (χ4n) is 1.51. The summed E-state index contributed by atoms with van der Waals surface area (Å²) in [6, 6.07) is 0. The Morgan fingerprint density at radius 1 is 1.71 bits per heavy atom. The number of carboxylic acids is 1. The van der Waals surface area contributed by atoms with Crippen LogP contribution in [0.2, 0.25) is 0 Å². The van der Waals surface area contributed by atoms with E-state index in [0.717, 1.165) is 19.4 Å². The molecule has 0 unspecified atom stereocenters. The second kappa shape index (κ2) is 3.09. The van der Waals surface area contributed by atoms with E-state index in [1.165, 1.54) is 6.20 Å². The lowest BCUT2D eigenvalue weighted by molar-refractivity contribution is 0.0696. The average Bonchev–Trinajstić information content (AvgIpc) is 2.75. The fourth-order valence-corrected chi connectivity index (χ4v) is 1.51. The van der Waals surface area contributed by atoms with E-state index in [1.807, 2.05) is 0 Å². The van der Waals surface area contributed by atoms with Crippen LogP contribution in [0.3, 0.4) is 0 Å². The summed E-state index contributed by atoms with van der Waals surface area (Å²) in [5.74, 6) is -0.936. The van der Waals surface area contributed by atoms with Gasteiger partial charge in [-0.25, -0.2) is 4.79 Å². The molecule has 1 aliphatic carbocycles. The van der Waals surface area contributed by atoms with Crippen molar-refractivity contribution in [2.75, 3.05) is 6.54 Å². The van der Waals surface area contributed by atoms with Crippen LogP contribution in [-0.2, 0) is 6.54 Å². The summed E-state index contributed by atoms with van der Waals surface area (Å²) in [5.41, 5.74) is 6.04. The molecule has 3 N–H and O–H groups in total. The van der Waals surface area contributed by atoms with E-state index in [0.29, 0.717) is 6.54 Å². The Balaban J connectivity index is 2.07. The van der Waals surface area contributed by atoms with Gasteiger partial charge in [-0.15, -0.1) is 0 Å². The van der Waals surface area contributed by atoms with Gasteiger partial charge in [0.2, 0.25) is 0 Å². The fraction of sp³-hybridized carbons (Fsp3) is 0.556. The molecule has 0 atom stereocenters. The van der Waals surface area contributed by atoms with Crippen LogP contribution in [0.25, 0.3) is 0 Å². The molecule has 76 valence electrons. The molecule has 0 radical (unpaired) electrons. The molecule has 0 aliphatic heterocycles. The van der Waals surface area contributed by atoms with Crippen molar-refractivity contribution in [1.29, 1.82) is 0 Å². The first-order chi connectivity index (χ1) is 6.65. The first kappa shape index (κ1) is 9.21. The van der Waals surface area contributed by atoms with Gasteiger partial charge in [0.05, 0.1) is 11.8 Å². The SMILES string of the molecule is NCC1(Cn2cc(C(=O)O)cn2)CC1. The second-order valence-electron chi connectivity index (χ2n) is 3.94. The summed E-state index contributed by atoms with van der Waals surface area (Å²) >= 11 is 0. The van der Waals surface area contributed by atoms with Crippen LogP contribution >= 0.6 is 0 Å². The van der Waals surface area contributed by atoms with Gasteiger partial charge in [-0.1, -0.05) is 0 Å². The molecule has 1 heterocycles. The Kier molecular flexibility index (Phi) is 2.03. The molecular weight excluding hydrogens is 182 g/mol. The van der Waals surface area contributed by atoms with Crippen molar-refractivity contribution >= 4 is 5.97 Å². The summed E-state index contributed by atoms with van der Waals surface area (Å²) in [7, 11) is 0. The average molecular weight is 195 g/mol. The quantitative estimate of drug-likeness (QED) is 0.725. The molecule has 14 heavy (non-hydrogen) atoms. The van der Waals surface area contributed by atoms with Crippen molar-refractivity contribution in [1.82, 2.24) is 9.78 Å². The molecule has 0 spiro atoms. The predicted octanol–water partition coefficient (Wildman–Crippen LogP) is 0.320. The summed E-state index contributed by atoms with van der Waals surface area (Å²) in [6.45, 7) is 1.38. The Morgan fingerprint density at radius 2 is 2.43 bits per heavy atom. The number of aromatic carboxylic acids is 1. The normalized spacial score (nSPS) is 18.1. The van der Waals surface area contributed by atoms with Gasteiger partial charge in [0, 0.05) is 18.2 Å². The minimum Gasteiger partial charge on any atom is -0.478 e. The minimum atomic E-state index is -0.936. The molecule has 1 fully saturated rings. The monoisotopic (exact) mass is 195 g/mol. The van der Waals surface area contributed by atoms with Crippen LogP contribution in [0.15, 0.2) is 12.4 Å². The van der Waals surface area contributed by atoms with Gasteiger partial charge >= 0.3 is 5.97 Å². The molecule has 0 aromatic carbocycles. The Morgan fingerprint density at radius 3 is 2.86 bits per heavy atom. The largest absolute Gasteiger partial charge is 0.478 e. The first-order valence-electron chi connectivity index (χ1n) is 4.61. The number of nitrogens with zero attached hydrogens (tertiary/aromatic N) is 2. The number of nitrogens with two attached hydrogens (primary N) is 1. The highest BCUT2D eigenvalue weighted by molar-refractivity contribution is 5.86. The van der Waals surface area contributed by atoms with E-state index in [9.17, 15) is 4.79 Å². The molecule has 5 heteroatoms. The lowest BCUT2D eigenvalue weighted by atomic mass is 10.1. The maximum Gasteiger partial charge on any atom is 0.338 e. The maximum absolute atomic E-state index is 10.6. The molecule has 0 saturated heterocycles. The van der Waals surface area contributed by atoms with Crippen LogP contribution in [0, 0.1) is 5.41 Å². The summed E-state index contributed by atoms with van der Waals surface area (Å²) in [6.07, 6.45) is 5.16. The lowest BCUT2D eigenvalue weighted by Crippen LogP contribution is -2.21. The van der Waals surface area contributed by atoms with Crippen LogP contribution in [-0.4, -0.2) is 27.4 Å². The van der Waals surface area contributed by atoms with Crippen molar-refractivity contribution < 1.29 is 9.90 Å². The van der Waals surface area contributed by atoms with Crippen molar-refractivity contribution in [2.45, 2.75) is 19.4 Å². The molecule has 1 aromatic rings. The third-order valence-electron chi connectivity index (χ3n) is 2.77. The number of carboxylic acid groups (broad SMARTS) is 1. The second-order valence-corrected chi connectivity index (χ2v) is 3.94. The van der Waals surface area contributed by atoms with Crippen molar-refractivity contribution in [3.63, 3.8) is 0 Å². The van der Waals surface area contributed by atoms with Gasteiger partial charge in [-0.2, -0.15) is 5.10 Å². The number of aromatic nitrogens is 2. The summed E-state index contributed by atoms with van der Waals surface area (Å²) in [5, 5.41) is 12.7. The smallest absolute Gasteiger partial charge is 0.338 e. The molecule has 1 aromatic heterocycles. The van der Waals surface area contributed by atoms with Gasteiger partial charge in [0.15, 0.2) is 0 Å². The van der Waals surface area contributed by atoms with Crippen molar-refractivity contribution in [2.24, 2.45) is 11.1 Å². The topological polar surface area (TPSA) is 81.1 Å². The Labute approximate surface area is 81.5 Å². The van der Waals surface area contributed by atoms with Crippen LogP contribution in [0.5, 0.6) is 0 Å². The predicted molar refractivity (Wildman–Crippen MR) is 49.9 cm³/mol. The molecule has 1 aliphatic rings. The lowest BCUT2D eigenvalue weighted by Gasteiger charge is -2.11. The van der Waals surface area contributed by atoms with E-state index in [4.69, 9.17) is 10.8 Å². The molecule has 0 bridgehead atoms. The molecule has 5 nitrogen and oxygen atoms in total. The van der Waals surface area contributed by atoms with E-state index < -0.39 is 5.97 Å². The zero-order chi connectivity index (χ0) is 10.2. The van der Waals surface area contributed by atoms with Gasteiger partial charge in [0.1, 0.15) is 0 Å². The van der Waals surface area contributed by atoms with Gasteiger partial charge in [0.25, 0.3) is 0 Å². The third kappa shape index (κ3) is 1.63. The summed E-state index contributed by atoms with van der Waals surface area (Å²) in [4.78, 5) is 10.6. The highest BCUT2D eigenvalue weighted by atomic mass is 16.4. The Bertz CT molecular complexity index is 355. The van der Waals surface area contributed by atoms with Gasteiger partial charge < -0.3 is 10.8 Å². The number of hydrogen-bond acceptors (Lipinski definition) is 3. The first-order valence-corrected chi connectivity index (χ1v) is 4.61. The molecular formula is C9H13N3O2. The number of hydrogen-bond donors (Lipinski definition) is 2. The molecule has 2 rings (SSSR count). The summed E-state index contributed by atoms with van der Waals surface area (Å²) < 4.78 is 1.67. The van der Waals surface area contributed by atoms with E-state index >= 15 is 0 Å².